The molecule has 0 atom stereocenters. The molecule has 1 aliphatic rings. The molecule has 0 saturated carbocycles. The van der Waals surface area contributed by atoms with Crippen molar-refractivity contribution >= 4 is 23.2 Å². The van der Waals surface area contributed by atoms with Gasteiger partial charge < -0.3 is 8.83 Å². The Bertz CT molecular complexity index is 840. The molecule has 0 amide bonds. The molecular formula is C18H17Cl2N3O2. The van der Waals surface area contributed by atoms with Gasteiger partial charge in [0.05, 0.1) is 6.26 Å². The van der Waals surface area contributed by atoms with Crippen LogP contribution in [-0.2, 0) is 6.54 Å². The first-order valence-corrected chi connectivity index (χ1v) is 8.98. The van der Waals surface area contributed by atoms with E-state index in [1.807, 2.05) is 18.2 Å². The van der Waals surface area contributed by atoms with Crippen LogP contribution in [0, 0.1) is 0 Å². The fourth-order valence-electron chi connectivity index (χ4n) is 3.13. The number of piperidine rings is 1. The van der Waals surface area contributed by atoms with Crippen LogP contribution in [0.2, 0.25) is 10.0 Å². The number of hydrogen-bond donors (Lipinski definition) is 0. The predicted octanol–water partition coefficient (Wildman–Crippen LogP) is 5.02. The molecule has 1 fully saturated rings. The average Bonchev–Trinajstić information content (AvgIpc) is 3.29. The van der Waals surface area contributed by atoms with Crippen molar-refractivity contribution in [2.45, 2.75) is 25.3 Å². The minimum atomic E-state index is 0.285. The van der Waals surface area contributed by atoms with E-state index in [1.165, 1.54) is 0 Å². The Balaban J connectivity index is 1.37. The van der Waals surface area contributed by atoms with Gasteiger partial charge in [-0.25, -0.2) is 0 Å². The Morgan fingerprint density at radius 1 is 1.12 bits per heavy atom. The van der Waals surface area contributed by atoms with Gasteiger partial charge in [-0.15, -0.1) is 10.2 Å². The third kappa shape index (κ3) is 3.73. The quantitative estimate of drug-likeness (QED) is 0.638. The highest BCUT2D eigenvalue weighted by Crippen LogP contribution is 2.31. The molecular weight excluding hydrogens is 361 g/mol. The highest BCUT2D eigenvalue weighted by molar-refractivity contribution is 6.35. The van der Waals surface area contributed by atoms with Crippen molar-refractivity contribution < 1.29 is 8.83 Å². The molecule has 0 spiro atoms. The van der Waals surface area contributed by atoms with Crippen molar-refractivity contribution in [1.82, 2.24) is 15.1 Å². The number of aromatic nitrogens is 2. The second-order valence-electron chi connectivity index (χ2n) is 6.21. The highest BCUT2D eigenvalue weighted by atomic mass is 35.5. The molecule has 1 aliphatic heterocycles. The molecule has 0 N–H and O–H groups in total. The summed E-state index contributed by atoms with van der Waals surface area (Å²) >= 11 is 12.2. The smallest absolute Gasteiger partial charge is 0.283 e. The lowest BCUT2D eigenvalue weighted by molar-refractivity contribution is 0.193. The SMILES string of the molecule is Clc1ccc(CN2CCC(c3nnc(-c4ccco4)o3)CC2)c(Cl)c1. The minimum absolute atomic E-state index is 0.285. The maximum atomic E-state index is 6.27. The monoisotopic (exact) mass is 377 g/mol. The van der Waals surface area contributed by atoms with Gasteiger partial charge in [0.2, 0.25) is 5.89 Å². The lowest BCUT2D eigenvalue weighted by atomic mass is 9.96. The van der Waals surface area contributed by atoms with E-state index < -0.39 is 0 Å². The average molecular weight is 378 g/mol. The highest BCUT2D eigenvalue weighted by Gasteiger charge is 2.26. The van der Waals surface area contributed by atoms with E-state index in [9.17, 15) is 0 Å². The van der Waals surface area contributed by atoms with Crippen LogP contribution in [0.25, 0.3) is 11.7 Å². The van der Waals surface area contributed by atoms with E-state index in [2.05, 4.69) is 15.1 Å². The van der Waals surface area contributed by atoms with Crippen LogP contribution < -0.4 is 0 Å². The zero-order valence-corrected chi connectivity index (χ0v) is 15.0. The van der Waals surface area contributed by atoms with Gasteiger partial charge in [-0.1, -0.05) is 29.3 Å². The van der Waals surface area contributed by atoms with Crippen molar-refractivity contribution in [3.8, 4) is 11.7 Å². The van der Waals surface area contributed by atoms with Crippen LogP contribution in [0.5, 0.6) is 0 Å². The fraction of sp³-hybridized carbons (Fsp3) is 0.333. The van der Waals surface area contributed by atoms with Crippen molar-refractivity contribution in [3.05, 3.63) is 58.1 Å². The van der Waals surface area contributed by atoms with Crippen LogP contribution in [0.1, 0.15) is 30.2 Å². The second kappa shape index (κ2) is 7.20. The van der Waals surface area contributed by atoms with Gasteiger partial charge in [0.25, 0.3) is 5.89 Å². The molecule has 0 radical (unpaired) electrons. The summed E-state index contributed by atoms with van der Waals surface area (Å²) in [5.41, 5.74) is 1.10. The molecule has 3 aromatic rings. The molecule has 2 aromatic heterocycles. The summed E-state index contributed by atoms with van der Waals surface area (Å²) in [6.07, 6.45) is 3.55. The number of furan rings is 1. The van der Waals surface area contributed by atoms with Crippen LogP contribution >= 0.6 is 23.2 Å². The molecule has 0 bridgehead atoms. The van der Waals surface area contributed by atoms with Gasteiger partial charge in [0, 0.05) is 22.5 Å². The summed E-state index contributed by atoms with van der Waals surface area (Å²) in [5.74, 6) is 2.02. The predicted molar refractivity (Wildman–Crippen MR) is 95.7 cm³/mol. The third-order valence-corrected chi connectivity index (χ3v) is 5.11. The summed E-state index contributed by atoms with van der Waals surface area (Å²) < 4.78 is 11.1. The fourth-order valence-corrected chi connectivity index (χ4v) is 3.60. The Morgan fingerprint density at radius 2 is 1.96 bits per heavy atom. The van der Waals surface area contributed by atoms with Gasteiger partial charge in [0.15, 0.2) is 5.76 Å². The summed E-state index contributed by atoms with van der Waals surface area (Å²) in [5, 5.41) is 9.66. The molecule has 25 heavy (non-hydrogen) atoms. The molecule has 0 aliphatic carbocycles. The normalized spacial score (nSPS) is 16.4. The lowest BCUT2D eigenvalue weighted by Gasteiger charge is -2.30. The van der Waals surface area contributed by atoms with Crippen molar-refractivity contribution in [2.24, 2.45) is 0 Å². The molecule has 1 saturated heterocycles. The maximum Gasteiger partial charge on any atom is 0.283 e. The lowest BCUT2D eigenvalue weighted by Crippen LogP contribution is -2.32. The van der Waals surface area contributed by atoms with Crippen LogP contribution in [0.15, 0.2) is 45.4 Å². The topological polar surface area (TPSA) is 55.3 Å². The van der Waals surface area contributed by atoms with Gasteiger partial charge in [-0.3, -0.25) is 4.90 Å². The van der Waals surface area contributed by atoms with Gasteiger partial charge >= 0.3 is 0 Å². The van der Waals surface area contributed by atoms with Gasteiger partial charge in [-0.05, 0) is 55.8 Å². The van der Waals surface area contributed by atoms with Crippen molar-refractivity contribution in [3.63, 3.8) is 0 Å². The summed E-state index contributed by atoms with van der Waals surface area (Å²) in [6, 6.07) is 9.28. The van der Waals surface area contributed by atoms with Crippen LogP contribution in [-0.4, -0.2) is 28.2 Å². The van der Waals surface area contributed by atoms with E-state index >= 15 is 0 Å². The third-order valence-electron chi connectivity index (χ3n) is 4.52. The van der Waals surface area contributed by atoms with Gasteiger partial charge in [-0.2, -0.15) is 0 Å². The van der Waals surface area contributed by atoms with Gasteiger partial charge in [0.1, 0.15) is 0 Å². The molecule has 3 heterocycles. The standard InChI is InChI=1S/C18H17Cl2N3O2/c19-14-4-3-13(15(20)10-14)11-23-7-5-12(6-8-23)17-21-22-18(25-17)16-2-1-9-24-16/h1-4,9-10,12H,5-8,11H2. The van der Waals surface area contributed by atoms with Crippen LogP contribution in [0.3, 0.4) is 0 Å². The maximum absolute atomic E-state index is 6.27. The minimum Gasteiger partial charge on any atom is -0.459 e. The zero-order valence-electron chi connectivity index (χ0n) is 13.5. The molecule has 7 heteroatoms. The Kier molecular flexibility index (Phi) is 4.79. The molecule has 1 aromatic carbocycles. The van der Waals surface area contributed by atoms with E-state index in [0.29, 0.717) is 22.6 Å². The van der Waals surface area contributed by atoms with E-state index in [-0.39, 0.29) is 5.92 Å². The van der Waals surface area contributed by atoms with Crippen molar-refractivity contribution in [2.75, 3.05) is 13.1 Å². The van der Waals surface area contributed by atoms with E-state index in [1.54, 1.807) is 18.4 Å². The molecule has 5 nitrogen and oxygen atoms in total. The summed E-state index contributed by atoms with van der Waals surface area (Å²) in [4.78, 5) is 2.38. The largest absolute Gasteiger partial charge is 0.459 e. The summed E-state index contributed by atoms with van der Waals surface area (Å²) in [6.45, 7) is 2.74. The molecule has 4 rings (SSSR count). The molecule has 0 unspecified atom stereocenters. The number of rotatable bonds is 4. The number of nitrogens with zero attached hydrogens (tertiary/aromatic N) is 3. The summed E-state index contributed by atoms with van der Waals surface area (Å²) in [7, 11) is 0. The Labute approximate surface area is 155 Å². The Morgan fingerprint density at radius 3 is 2.68 bits per heavy atom. The number of benzene rings is 1. The van der Waals surface area contributed by atoms with Crippen LogP contribution in [0.4, 0.5) is 0 Å². The first kappa shape index (κ1) is 16.6. The van der Waals surface area contributed by atoms with E-state index in [4.69, 9.17) is 32.0 Å². The number of likely N-dealkylation sites (tertiary alicyclic amines) is 1. The van der Waals surface area contributed by atoms with Crippen molar-refractivity contribution in [1.29, 1.82) is 0 Å². The zero-order chi connectivity index (χ0) is 17.2. The molecule has 130 valence electrons. The second-order valence-corrected chi connectivity index (χ2v) is 7.05. The Hall–Kier alpha value is -1.82. The number of halogens is 2. The first-order chi connectivity index (χ1) is 12.2. The van der Waals surface area contributed by atoms with E-state index in [0.717, 1.165) is 43.1 Å². The first-order valence-electron chi connectivity index (χ1n) is 8.22. The number of hydrogen-bond acceptors (Lipinski definition) is 5.